The zero-order valence-electron chi connectivity index (χ0n) is 12.9. The Balaban J connectivity index is 2.07. The van der Waals surface area contributed by atoms with E-state index in [1.165, 1.54) is 12.1 Å². The second-order valence-electron chi connectivity index (χ2n) is 5.31. The minimum absolute atomic E-state index is 0.0278. The third-order valence-electron chi connectivity index (χ3n) is 3.64. The quantitative estimate of drug-likeness (QED) is 0.358. The van der Waals surface area contributed by atoms with E-state index >= 15 is 0 Å². The van der Waals surface area contributed by atoms with Crippen molar-refractivity contribution in [3.05, 3.63) is 70.3 Å². The summed E-state index contributed by atoms with van der Waals surface area (Å²) in [6.07, 6.45) is -4.70. The number of phenols is 1. The van der Waals surface area contributed by atoms with E-state index in [0.717, 1.165) is 6.07 Å². The number of phenolic OH excluding ortho intramolecular Hbond substituents is 1. The maximum atomic E-state index is 12.7. The minimum atomic E-state index is -4.70. The number of alkyl halides is 3. The van der Waals surface area contributed by atoms with E-state index in [0.29, 0.717) is 28.6 Å². The smallest absolute Gasteiger partial charge is 0.416 e. The van der Waals surface area contributed by atoms with Gasteiger partial charge in [0.15, 0.2) is 5.69 Å². The van der Waals surface area contributed by atoms with Crippen molar-refractivity contribution in [1.82, 2.24) is 0 Å². The van der Waals surface area contributed by atoms with Crippen LogP contribution in [-0.4, -0.2) is 10.0 Å². The number of nitrogens with zero attached hydrogens (tertiary/aromatic N) is 3. The van der Waals surface area contributed by atoms with Crippen LogP contribution in [0.1, 0.15) is 5.56 Å². The summed E-state index contributed by atoms with van der Waals surface area (Å²) in [6.45, 7) is 0. The van der Waals surface area contributed by atoms with Crippen LogP contribution in [0.4, 0.5) is 30.2 Å². The molecule has 0 atom stereocenters. The first-order valence-corrected chi connectivity index (χ1v) is 7.25. The van der Waals surface area contributed by atoms with Gasteiger partial charge in [0, 0.05) is 16.8 Å². The Kier molecular flexibility index (Phi) is 4.29. The van der Waals surface area contributed by atoms with E-state index in [-0.39, 0.29) is 11.4 Å². The molecule has 0 aliphatic heterocycles. The van der Waals surface area contributed by atoms with Crippen LogP contribution in [0.2, 0.25) is 0 Å². The summed E-state index contributed by atoms with van der Waals surface area (Å²) in [4.78, 5) is 10.1. The van der Waals surface area contributed by atoms with E-state index in [1.807, 2.05) is 0 Å². The highest BCUT2D eigenvalue weighted by atomic mass is 19.4. The fourth-order valence-electron chi connectivity index (χ4n) is 2.39. The summed E-state index contributed by atoms with van der Waals surface area (Å²) < 4.78 is 38.2. The molecule has 1 N–H and O–H groups in total. The van der Waals surface area contributed by atoms with Crippen LogP contribution in [0.5, 0.6) is 5.75 Å². The first-order valence-electron chi connectivity index (χ1n) is 7.25. The van der Waals surface area contributed by atoms with Gasteiger partial charge in [0.1, 0.15) is 5.75 Å². The maximum absolute atomic E-state index is 12.7. The first kappa shape index (κ1) is 17.3. The number of nitro benzene ring substituents is 1. The molecule has 0 aliphatic rings. The van der Waals surface area contributed by atoms with Gasteiger partial charge in [-0.3, -0.25) is 10.1 Å². The number of hydrogen-bond acceptors (Lipinski definition) is 5. The number of fused-ring (bicyclic) bond motifs is 1. The standard InChI is InChI=1S/C17H10F3N3O3/c18-17(19,20)10-5-6-14(15(9-10)23(25)26)22-21-13-7-8-16(24)12-4-2-1-3-11(12)13/h1-9,24H/b22-21+. The van der Waals surface area contributed by atoms with Crippen LogP contribution in [-0.2, 0) is 6.18 Å². The number of benzene rings is 3. The summed E-state index contributed by atoms with van der Waals surface area (Å²) in [5.74, 6) is 0.0278. The molecule has 26 heavy (non-hydrogen) atoms. The van der Waals surface area contributed by atoms with Gasteiger partial charge in [-0.2, -0.15) is 13.2 Å². The highest BCUT2D eigenvalue weighted by Crippen LogP contribution is 2.38. The molecular weight excluding hydrogens is 351 g/mol. The van der Waals surface area contributed by atoms with Gasteiger partial charge in [0.25, 0.3) is 5.69 Å². The molecule has 0 bridgehead atoms. The molecule has 0 amide bonds. The van der Waals surface area contributed by atoms with Crippen molar-refractivity contribution in [2.75, 3.05) is 0 Å². The Hall–Kier alpha value is -3.49. The molecule has 0 fully saturated rings. The fourth-order valence-corrected chi connectivity index (χ4v) is 2.39. The molecule has 3 aromatic rings. The average Bonchev–Trinajstić information content (AvgIpc) is 2.60. The van der Waals surface area contributed by atoms with Crippen LogP contribution < -0.4 is 0 Å². The minimum Gasteiger partial charge on any atom is -0.507 e. The highest BCUT2D eigenvalue weighted by Gasteiger charge is 2.33. The van der Waals surface area contributed by atoms with E-state index in [2.05, 4.69) is 10.2 Å². The summed E-state index contributed by atoms with van der Waals surface area (Å²) in [5, 5.41) is 29.6. The maximum Gasteiger partial charge on any atom is 0.416 e. The zero-order chi connectivity index (χ0) is 18.9. The van der Waals surface area contributed by atoms with Crippen LogP contribution in [0.25, 0.3) is 10.8 Å². The van der Waals surface area contributed by atoms with Crippen LogP contribution in [0, 0.1) is 10.1 Å². The SMILES string of the molecule is O=[N+]([O-])c1cc(C(F)(F)F)ccc1/N=N/c1ccc(O)c2ccccc12. The lowest BCUT2D eigenvalue weighted by atomic mass is 10.1. The van der Waals surface area contributed by atoms with Crippen molar-refractivity contribution >= 4 is 27.8 Å². The lowest BCUT2D eigenvalue weighted by molar-refractivity contribution is -0.384. The molecule has 0 saturated heterocycles. The Bertz CT molecular complexity index is 1030. The molecule has 132 valence electrons. The second kappa shape index (κ2) is 6.43. The van der Waals surface area contributed by atoms with Gasteiger partial charge in [-0.25, -0.2) is 0 Å². The van der Waals surface area contributed by atoms with Crippen LogP contribution in [0.15, 0.2) is 64.8 Å². The Morgan fingerprint density at radius 1 is 0.923 bits per heavy atom. The normalized spacial score (nSPS) is 12.0. The van der Waals surface area contributed by atoms with E-state index in [1.54, 1.807) is 24.3 Å². The lowest BCUT2D eigenvalue weighted by Gasteiger charge is -2.06. The molecule has 0 unspecified atom stereocenters. The highest BCUT2D eigenvalue weighted by molar-refractivity contribution is 5.96. The predicted octanol–water partition coefficient (Wildman–Crippen LogP) is 5.89. The molecule has 0 aliphatic carbocycles. The van der Waals surface area contributed by atoms with Gasteiger partial charge in [0.05, 0.1) is 16.2 Å². The zero-order valence-corrected chi connectivity index (χ0v) is 12.9. The Morgan fingerprint density at radius 3 is 2.19 bits per heavy atom. The third-order valence-corrected chi connectivity index (χ3v) is 3.64. The molecule has 0 aromatic heterocycles. The summed E-state index contributed by atoms with van der Waals surface area (Å²) in [6, 6.07) is 11.6. The number of halogens is 3. The predicted molar refractivity (Wildman–Crippen MR) is 87.9 cm³/mol. The number of hydrogen-bond donors (Lipinski definition) is 1. The van der Waals surface area contributed by atoms with Gasteiger partial charge in [-0.1, -0.05) is 24.3 Å². The first-order chi connectivity index (χ1) is 12.3. The fraction of sp³-hybridized carbons (Fsp3) is 0.0588. The van der Waals surface area contributed by atoms with Gasteiger partial charge in [-0.15, -0.1) is 10.2 Å². The third kappa shape index (κ3) is 3.32. The summed E-state index contributed by atoms with van der Waals surface area (Å²) >= 11 is 0. The number of rotatable bonds is 3. The van der Waals surface area contributed by atoms with Crippen molar-refractivity contribution in [2.24, 2.45) is 10.2 Å². The Labute approximate surface area is 144 Å². The Morgan fingerprint density at radius 2 is 1.54 bits per heavy atom. The van der Waals surface area contributed by atoms with E-state index in [9.17, 15) is 28.4 Å². The largest absolute Gasteiger partial charge is 0.507 e. The molecule has 0 saturated carbocycles. The van der Waals surface area contributed by atoms with Crippen molar-refractivity contribution in [1.29, 1.82) is 0 Å². The number of aromatic hydroxyl groups is 1. The van der Waals surface area contributed by atoms with Gasteiger partial charge in [-0.05, 0) is 24.3 Å². The molecule has 0 spiro atoms. The summed E-state index contributed by atoms with van der Waals surface area (Å²) in [5.41, 5.74) is -1.93. The van der Waals surface area contributed by atoms with Gasteiger partial charge >= 0.3 is 6.18 Å². The summed E-state index contributed by atoms with van der Waals surface area (Å²) in [7, 11) is 0. The van der Waals surface area contributed by atoms with Crippen molar-refractivity contribution in [3.63, 3.8) is 0 Å². The number of nitro groups is 1. The molecular formula is C17H10F3N3O3. The van der Waals surface area contributed by atoms with Gasteiger partial charge in [0.2, 0.25) is 0 Å². The van der Waals surface area contributed by atoms with Crippen molar-refractivity contribution in [2.45, 2.75) is 6.18 Å². The van der Waals surface area contributed by atoms with Gasteiger partial charge < -0.3 is 5.11 Å². The van der Waals surface area contributed by atoms with Crippen LogP contribution in [0.3, 0.4) is 0 Å². The molecule has 9 heteroatoms. The van der Waals surface area contributed by atoms with Crippen molar-refractivity contribution in [3.8, 4) is 5.75 Å². The van der Waals surface area contributed by atoms with Crippen LogP contribution >= 0.6 is 0 Å². The molecule has 0 radical (unpaired) electrons. The average molecular weight is 361 g/mol. The lowest BCUT2D eigenvalue weighted by Crippen LogP contribution is -2.05. The molecule has 6 nitrogen and oxygen atoms in total. The van der Waals surface area contributed by atoms with Crippen molar-refractivity contribution < 1.29 is 23.2 Å². The molecule has 3 aromatic carbocycles. The van der Waals surface area contributed by atoms with E-state index < -0.39 is 22.4 Å². The second-order valence-corrected chi connectivity index (χ2v) is 5.31. The topological polar surface area (TPSA) is 88.1 Å². The molecule has 0 heterocycles. The molecule has 3 rings (SSSR count). The monoisotopic (exact) mass is 361 g/mol. The number of azo groups is 1. The van der Waals surface area contributed by atoms with E-state index in [4.69, 9.17) is 0 Å².